The van der Waals surface area contributed by atoms with E-state index in [1.165, 1.54) is 4.90 Å². The summed E-state index contributed by atoms with van der Waals surface area (Å²) in [4.78, 5) is 36.6. The molecule has 126 valence electrons. The van der Waals surface area contributed by atoms with Crippen LogP contribution in [0.4, 0.5) is 8.78 Å². The van der Waals surface area contributed by atoms with Crippen LogP contribution in [0.15, 0.2) is 0 Å². The van der Waals surface area contributed by atoms with Crippen LogP contribution in [-0.2, 0) is 14.4 Å². The van der Waals surface area contributed by atoms with Gasteiger partial charge in [0.05, 0.1) is 0 Å². The van der Waals surface area contributed by atoms with Gasteiger partial charge in [0.1, 0.15) is 12.1 Å². The van der Waals surface area contributed by atoms with E-state index in [9.17, 15) is 23.2 Å². The first-order chi connectivity index (χ1) is 10.4. The lowest BCUT2D eigenvalue weighted by Gasteiger charge is -2.35. The number of nitrogens with zero attached hydrogens (tertiary/aromatic N) is 1. The summed E-state index contributed by atoms with van der Waals surface area (Å²) in [6.07, 6.45) is -0.889. The molecule has 2 unspecified atom stereocenters. The Morgan fingerprint density at radius 3 is 2.55 bits per heavy atom. The van der Waals surface area contributed by atoms with Crippen LogP contribution in [0, 0.1) is 0 Å². The van der Waals surface area contributed by atoms with Crippen molar-refractivity contribution < 1.29 is 28.3 Å². The predicted octanol–water partition coefficient (Wildman–Crippen LogP) is 1.39. The quantitative estimate of drug-likeness (QED) is 0.742. The zero-order chi connectivity index (χ0) is 16.7. The van der Waals surface area contributed by atoms with Gasteiger partial charge in [-0.2, -0.15) is 0 Å². The number of likely N-dealkylation sites (tertiary alicyclic amines) is 1. The van der Waals surface area contributed by atoms with Gasteiger partial charge in [-0.1, -0.05) is 6.92 Å². The number of amides is 2. The lowest BCUT2D eigenvalue weighted by molar-refractivity contribution is -0.146. The maximum absolute atomic E-state index is 12.4. The second-order valence-electron chi connectivity index (χ2n) is 5.37. The smallest absolute Gasteiger partial charge is 0.326 e. The molecule has 1 fully saturated rings. The number of carbonyl (C=O) groups excluding carboxylic acids is 2. The Morgan fingerprint density at radius 2 is 2.00 bits per heavy atom. The van der Waals surface area contributed by atoms with E-state index in [2.05, 4.69) is 5.32 Å². The fourth-order valence-electron chi connectivity index (χ4n) is 2.53. The van der Waals surface area contributed by atoms with Crippen LogP contribution in [0.2, 0.25) is 0 Å². The fourth-order valence-corrected chi connectivity index (χ4v) is 2.53. The molecule has 0 aromatic carbocycles. The Morgan fingerprint density at radius 1 is 1.32 bits per heavy atom. The van der Waals surface area contributed by atoms with Gasteiger partial charge in [0.2, 0.25) is 18.2 Å². The maximum Gasteiger partial charge on any atom is 0.326 e. The molecule has 6 nitrogen and oxygen atoms in total. The molecule has 0 saturated carbocycles. The van der Waals surface area contributed by atoms with Gasteiger partial charge in [0.15, 0.2) is 0 Å². The van der Waals surface area contributed by atoms with Crippen molar-refractivity contribution in [1.82, 2.24) is 10.2 Å². The van der Waals surface area contributed by atoms with E-state index in [1.54, 1.807) is 0 Å². The van der Waals surface area contributed by atoms with E-state index in [0.717, 1.165) is 12.8 Å². The highest BCUT2D eigenvalue weighted by Crippen LogP contribution is 2.19. The largest absolute Gasteiger partial charge is 0.480 e. The monoisotopic (exact) mass is 320 g/mol. The molecule has 1 heterocycles. The molecular weight excluding hydrogens is 298 g/mol. The molecule has 0 aromatic rings. The molecule has 1 rings (SSSR count). The molecule has 0 spiro atoms. The summed E-state index contributed by atoms with van der Waals surface area (Å²) in [6.45, 7) is 2.28. The number of nitrogens with one attached hydrogen (secondary N) is 1. The third kappa shape index (κ3) is 5.23. The highest BCUT2D eigenvalue weighted by molar-refractivity contribution is 5.90. The number of hydrogen-bond acceptors (Lipinski definition) is 3. The molecule has 1 aliphatic heterocycles. The van der Waals surface area contributed by atoms with Crippen molar-refractivity contribution in [3.63, 3.8) is 0 Å². The summed E-state index contributed by atoms with van der Waals surface area (Å²) in [5, 5.41) is 11.0. The standard InChI is InChI=1S/C14H22F2N2O4/c1-2-5-12(19)18-7-4-3-6-10(18)13(20)17-9(14(21)22)8-11(15)16/h9-11H,2-8H2,1H3,(H,17,20)(H,21,22). The summed E-state index contributed by atoms with van der Waals surface area (Å²) in [7, 11) is 0. The molecule has 0 aliphatic carbocycles. The van der Waals surface area contributed by atoms with Gasteiger partial charge in [-0.25, -0.2) is 13.6 Å². The Bertz CT molecular complexity index is 418. The lowest BCUT2D eigenvalue weighted by Crippen LogP contribution is -2.55. The average Bonchev–Trinajstić information content (AvgIpc) is 2.46. The second-order valence-corrected chi connectivity index (χ2v) is 5.37. The summed E-state index contributed by atoms with van der Waals surface area (Å²) >= 11 is 0. The minimum absolute atomic E-state index is 0.164. The van der Waals surface area contributed by atoms with Crippen LogP contribution >= 0.6 is 0 Å². The van der Waals surface area contributed by atoms with E-state index in [0.29, 0.717) is 25.8 Å². The molecule has 0 bridgehead atoms. The molecule has 0 aromatic heterocycles. The minimum atomic E-state index is -2.83. The van der Waals surface area contributed by atoms with Crippen molar-refractivity contribution in [2.24, 2.45) is 0 Å². The number of alkyl halides is 2. The van der Waals surface area contributed by atoms with Crippen LogP contribution < -0.4 is 5.32 Å². The number of carboxylic acids is 1. The van der Waals surface area contributed by atoms with Crippen molar-refractivity contribution in [3.05, 3.63) is 0 Å². The Balaban J connectivity index is 2.74. The van der Waals surface area contributed by atoms with Gasteiger partial charge in [0, 0.05) is 19.4 Å². The summed E-state index contributed by atoms with van der Waals surface area (Å²) in [5.41, 5.74) is 0. The Labute approximate surface area is 127 Å². The van der Waals surface area contributed by atoms with Crippen LogP contribution in [0.3, 0.4) is 0 Å². The number of hydrogen-bond donors (Lipinski definition) is 2. The van der Waals surface area contributed by atoms with Gasteiger partial charge in [-0.15, -0.1) is 0 Å². The van der Waals surface area contributed by atoms with E-state index >= 15 is 0 Å². The van der Waals surface area contributed by atoms with Gasteiger partial charge in [0.25, 0.3) is 0 Å². The minimum Gasteiger partial charge on any atom is -0.480 e. The van der Waals surface area contributed by atoms with Gasteiger partial charge >= 0.3 is 5.97 Å². The molecule has 8 heteroatoms. The Hall–Kier alpha value is -1.73. The van der Waals surface area contributed by atoms with Crippen molar-refractivity contribution in [2.75, 3.05) is 6.54 Å². The van der Waals surface area contributed by atoms with Crippen LogP contribution in [0.5, 0.6) is 0 Å². The Kier molecular flexibility index (Phi) is 7.20. The second kappa shape index (κ2) is 8.65. The third-order valence-electron chi connectivity index (χ3n) is 3.62. The molecule has 22 heavy (non-hydrogen) atoms. The lowest BCUT2D eigenvalue weighted by atomic mass is 10.00. The molecule has 1 saturated heterocycles. The molecule has 2 atom stereocenters. The first-order valence-electron chi connectivity index (χ1n) is 7.47. The topological polar surface area (TPSA) is 86.7 Å². The van der Waals surface area contributed by atoms with E-state index < -0.39 is 36.8 Å². The van der Waals surface area contributed by atoms with E-state index in [1.807, 2.05) is 6.92 Å². The highest BCUT2D eigenvalue weighted by atomic mass is 19.3. The van der Waals surface area contributed by atoms with Crippen LogP contribution in [-0.4, -0.2) is 52.8 Å². The zero-order valence-electron chi connectivity index (χ0n) is 12.6. The summed E-state index contributed by atoms with van der Waals surface area (Å²) in [6, 6.07) is -2.41. The van der Waals surface area contributed by atoms with Crippen LogP contribution in [0.25, 0.3) is 0 Å². The summed E-state index contributed by atoms with van der Waals surface area (Å²) < 4.78 is 24.7. The average molecular weight is 320 g/mol. The molecular formula is C14H22F2N2O4. The SMILES string of the molecule is CCCC(=O)N1CCCCC1C(=O)NC(CC(F)F)C(=O)O. The van der Waals surface area contributed by atoms with Crippen molar-refractivity contribution in [2.45, 2.75) is 64.0 Å². The van der Waals surface area contributed by atoms with E-state index in [-0.39, 0.29) is 5.91 Å². The summed E-state index contributed by atoms with van der Waals surface area (Å²) in [5.74, 6) is -2.34. The van der Waals surface area contributed by atoms with Gasteiger partial charge < -0.3 is 15.3 Å². The normalized spacial score (nSPS) is 19.8. The zero-order valence-corrected chi connectivity index (χ0v) is 12.6. The van der Waals surface area contributed by atoms with Crippen molar-refractivity contribution >= 4 is 17.8 Å². The predicted molar refractivity (Wildman–Crippen MR) is 74.4 cm³/mol. The van der Waals surface area contributed by atoms with Crippen molar-refractivity contribution in [3.8, 4) is 0 Å². The van der Waals surface area contributed by atoms with Gasteiger partial charge in [-0.3, -0.25) is 9.59 Å². The molecule has 0 radical (unpaired) electrons. The van der Waals surface area contributed by atoms with E-state index in [4.69, 9.17) is 5.11 Å². The van der Waals surface area contributed by atoms with Crippen LogP contribution in [0.1, 0.15) is 45.4 Å². The first-order valence-corrected chi connectivity index (χ1v) is 7.47. The number of rotatable bonds is 7. The maximum atomic E-state index is 12.4. The highest BCUT2D eigenvalue weighted by Gasteiger charge is 2.34. The van der Waals surface area contributed by atoms with Gasteiger partial charge in [-0.05, 0) is 25.7 Å². The molecule has 1 aliphatic rings. The number of piperidine rings is 1. The number of carbonyl (C=O) groups is 3. The number of carboxylic acid groups (broad SMARTS) is 1. The first kappa shape index (κ1) is 18.3. The van der Waals surface area contributed by atoms with Crippen molar-refractivity contribution in [1.29, 1.82) is 0 Å². The molecule has 2 amide bonds. The molecule has 2 N–H and O–H groups in total. The number of halogens is 2. The third-order valence-corrected chi connectivity index (χ3v) is 3.62. The number of aliphatic carboxylic acids is 1. The fraction of sp³-hybridized carbons (Fsp3) is 0.786.